The molecule has 2 aromatic rings. The maximum absolute atomic E-state index is 11.9. The first-order chi connectivity index (χ1) is 9.13. The largest absolute Gasteiger partial charge is 0.481 e. The Hall–Kier alpha value is -2.47. The van der Waals surface area contributed by atoms with Crippen LogP contribution in [0.25, 0.3) is 11.3 Å². The van der Waals surface area contributed by atoms with E-state index < -0.39 is 0 Å². The number of aromatic nitrogens is 1. The Morgan fingerprint density at radius 2 is 1.89 bits per heavy atom. The van der Waals surface area contributed by atoms with E-state index in [9.17, 15) is 4.79 Å². The van der Waals surface area contributed by atoms with Crippen molar-refractivity contribution in [3.05, 3.63) is 52.3 Å². The van der Waals surface area contributed by atoms with E-state index in [2.05, 4.69) is 5.92 Å². The smallest absolute Gasteiger partial charge is 0.253 e. The predicted octanol–water partition coefficient (Wildman–Crippen LogP) is 2.37. The van der Waals surface area contributed by atoms with E-state index in [4.69, 9.17) is 11.2 Å². The van der Waals surface area contributed by atoms with Gasteiger partial charge in [-0.15, -0.1) is 6.42 Å². The summed E-state index contributed by atoms with van der Waals surface area (Å²) in [6.45, 7) is 2.06. The van der Waals surface area contributed by atoms with Crippen molar-refractivity contribution >= 4 is 0 Å². The number of ether oxygens (including phenoxy) is 1. The molecule has 3 heteroatoms. The highest BCUT2D eigenvalue weighted by Crippen LogP contribution is 2.21. The van der Waals surface area contributed by atoms with Crippen LogP contribution in [0.1, 0.15) is 5.56 Å². The van der Waals surface area contributed by atoms with Crippen molar-refractivity contribution in [2.24, 2.45) is 7.05 Å². The fraction of sp³-hybridized carbons (Fsp3) is 0.188. The van der Waals surface area contributed by atoms with Gasteiger partial charge in [0.1, 0.15) is 12.4 Å². The fourth-order valence-corrected chi connectivity index (χ4v) is 1.90. The Morgan fingerprint density at radius 1 is 1.21 bits per heavy atom. The summed E-state index contributed by atoms with van der Waals surface area (Å²) >= 11 is 0. The Balaban J connectivity index is 2.36. The summed E-state index contributed by atoms with van der Waals surface area (Å²) in [5, 5.41) is 0. The molecule has 0 atom stereocenters. The molecule has 0 radical (unpaired) electrons. The Morgan fingerprint density at radius 3 is 2.53 bits per heavy atom. The highest BCUT2D eigenvalue weighted by atomic mass is 16.5. The Labute approximate surface area is 112 Å². The van der Waals surface area contributed by atoms with Gasteiger partial charge in [0.15, 0.2) is 0 Å². The summed E-state index contributed by atoms with van der Waals surface area (Å²) in [6, 6.07) is 11.3. The van der Waals surface area contributed by atoms with Crippen molar-refractivity contribution < 1.29 is 4.74 Å². The average Bonchev–Trinajstić information content (AvgIpc) is 2.44. The van der Waals surface area contributed by atoms with Crippen LogP contribution in [-0.4, -0.2) is 11.2 Å². The molecule has 2 rings (SSSR count). The first-order valence-corrected chi connectivity index (χ1v) is 5.97. The number of aryl methyl sites for hydroxylation is 1. The van der Waals surface area contributed by atoms with E-state index in [0.29, 0.717) is 0 Å². The third-order valence-corrected chi connectivity index (χ3v) is 2.97. The van der Waals surface area contributed by atoms with E-state index in [0.717, 1.165) is 22.6 Å². The van der Waals surface area contributed by atoms with Gasteiger partial charge in [0, 0.05) is 12.6 Å². The molecular formula is C16H15NO2. The minimum atomic E-state index is 0.0187. The molecule has 0 bridgehead atoms. The van der Waals surface area contributed by atoms with Gasteiger partial charge in [0.25, 0.3) is 5.56 Å². The second-order valence-corrected chi connectivity index (χ2v) is 4.28. The van der Waals surface area contributed by atoms with Crippen LogP contribution in [0.15, 0.2) is 41.2 Å². The summed E-state index contributed by atoms with van der Waals surface area (Å²) in [4.78, 5) is 11.9. The average molecular weight is 253 g/mol. The molecule has 1 heterocycles. The van der Waals surface area contributed by atoms with Gasteiger partial charge in [-0.25, -0.2) is 0 Å². The normalized spacial score (nSPS) is 9.95. The van der Waals surface area contributed by atoms with Crippen molar-refractivity contribution in [3.8, 4) is 29.4 Å². The minimum Gasteiger partial charge on any atom is -0.481 e. The highest BCUT2D eigenvalue weighted by molar-refractivity contribution is 5.60. The maximum Gasteiger partial charge on any atom is 0.253 e. The molecule has 96 valence electrons. The van der Waals surface area contributed by atoms with Gasteiger partial charge in [0.05, 0.1) is 5.69 Å². The monoisotopic (exact) mass is 253 g/mol. The number of nitrogens with zero attached hydrogens (tertiary/aromatic N) is 1. The topological polar surface area (TPSA) is 31.2 Å². The van der Waals surface area contributed by atoms with Gasteiger partial charge in [-0.05, 0) is 42.8 Å². The van der Waals surface area contributed by atoms with Crippen LogP contribution in [0.5, 0.6) is 5.75 Å². The van der Waals surface area contributed by atoms with Crippen LogP contribution in [0.2, 0.25) is 0 Å². The molecule has 3 nitrogen and oxygen atoms in total. The highest BCUT2D eigenvalue weighted by Gasteiger charge is 2.05. The standard InChI is InChI=1S/C16H15NO2/c1-4-11-19-14-8-6-13(7-9-14)15-10-5-12(2)16(18)17(15)3/h1,5-10H,11H2,2-3H3. The van der Waals surface area contributed by atoms with Crippen LogP contribution in [0.4, 0.5) is 0 Å². The lowest BCUT2D eigenvalue weighted by Gasteiger charge is -2.10. The molecule has 0 fully saturated rings. The zero-order chi connectivity index (χ0) is 13.8. The molecule has 0 amide bonds. The Bertz CT molecular complexity index is 675. The molecule has 0 aliphatic carbocycles. The van der Waals surface area contributed by atoms with Crippen molar-refractivity contribution in [2.75, 3.05) is 6.61 Å². The van der Waals surface area contributed by atoms with E-state index in [1.807, 2.05) is 43.3 Å². The Kier molecular flexibility index (Phi) is 3.72. The van der Waals surface area contributed by atoms with E-state index >= 15 is 0 Å². The van der Waals surface area contributed by atoms with Gasteiger partial charge < -0.3 is 9.30 Å². The van der Waals surface area contributed by atoms with Crippen molar-refractivity contribution in [1.82, 2.24) is 4.57 Å². The lowest BCUT2D eigenvalue weighted by atomic mass is 10.1. The molecule has 0 unspecified atom stereocenters. The van der Waals surface area contributed by atoms with Gasteiger partial charge in [-0.2, -0.15) is 0 Å². The van der Waals surface area contributed by atoms with Gasteiger partial charge in [-0.3, -0.25) is 4.79 Å². The minimum absolute atomic E-state index is 0.0187. The molecule has 0 N–H and O–H groups in total. The number of pyridine rings is 1. The lowest BCUT2D eigenvalue weighted by Crippen LogP contribution is -2.20. The molecule has 0 saturated heterocycles. The van der Waals surface area contributed by atoms with Gasteiger partial charge in [-0.1, -0.05) is 12.0 Å². The second-order valence-electron chi connectivity index (χ2n) is 4.28. The molecule has 19 heavy (non-hydrogen) atoms. The van der Waals surface area contributed by atoms with Crippen LogP contribution in [0.3, 0.4) is 0 Å². The first-order valence-electron chi connectivity index (χ1n) is 5.97. The van der Waals surface area contributed by atoms with Crippen LogP contribution in [0, 0.1) is 19.3 Å². The quantitative estimate of drug-likeness (QED) is 0.786. The maximum atomic E-state index is 11.9. The number of hydrogen-bond donors (Lipinski definition) is 0. The second kappa shape index (κ2) is 5.45. The van der Waals surface area contributed by atoms with Crippen LogP contribution >= 0.6 is 0 Å². The summed E-state index contributed by atoms with van der Waals surface area (Å²) < 4.78 is 6.96. The van der Waals surface area contributed by atoms with Gasteiger partial charge >= 0.3 is 0 Å². The van der Waals surface area contributed by atoms with Gasteiger partial charge in [0.2, 0.25) is 0 Å². The molecule has 1 aromatic carbocycles. The molecule has 0 aliphatic heterocycles. The van der Waals surface area contributed by atoms with E-state index in [-0.39, 0.29) is 12.2 Å². The number of benzene rings is 1. The molecule has 0 spiro atoms. The van der Waals surface area contributed by atoms with Crippen molar-refractivity contribution in [3.63, 3.8) is 0 Å². The summed E-state index contributed by atoms with van der Waals surface area (Å²) in [5.74, 6) is 3.14. The van der Waals surface area contributed by atoms with E-state index in [1.54, 1.807) is 11.6 Å². The lowest BCUT2D eigenvalue weighted by molar-refractivity contribution is 0.370. The fourth-order valence-electron chi connectivity index (χ4n) is 1.90. The van der Waals surface area contributed by atoms with Crippen molar-refractivity contribution in [2.45, 2.75) is 6.92 Å². The third kappa shape index (κ3) is 2.69. The summed E-state index contributed by atoms with van der Waals surface area (Å²) in [5.41, 5.74) is 2.59. The molecular weight excluding hydrogens is 238 g/mol. The zero-order valence-electron chi connectivity index (χ0n) is 11.0. The zero-order valence-corrected chi connectivity index (χ0v) is 11.0. The van der Waals surface area contributed by atoms with Crippen molar-refractivity contribution in [1.29, 1.82) is 0 Å². The predicted molar refractivity (Wildman–Crippen MR) is 76.2 cm³/mol. The molecule has 0 aliphatic rings. The van der Waals surface area contributed by atoms with Crippen LogP contribution < -0.4 is 10.3 Å². The molecule has 0 saturated carbocycles. The number of hydrogen-bond acceptors (Lipinski definition) is 2. The summed E-state index contributed by atoms with van der Waals surface area (Å²) in [6.07, 6.45) is 5.13. The number of terminal acetylenes is 1. The van der Waals surface area contributed by atoms with Crippen LogP contribution in [-0.2, 0) is 7.05 Å². The summed E-state index contributed by atoms with van der Waals surface area (Å²) in [7, 11) is 1.77. The first kappa shape index (κ1) is 13.0. The third-order valence-electron chi connectivity index (χ3n) is 2.97. The number of rotatable bonds is 3. The SMILES string of the molecule is C#CCOc1ccc(-c2ccc(C)c(=O)n2C)cc1. The van der Waals surface area contributed by atoms with E-state index in [1.165, 1.54) is 0 Å². The molecule has 1 aromatic heterocycles.